The molecule has 2 rings (SSSR count). The summed E-state index contributed by atoms with van der Waals surface area (Å²) in [5, 5.41) is 10.4. The lowest BCUT2D eigenvalue weighted by molar-refractivity contribution is 0.102. The average Bonchev–Trinajstić information content (AvgIpc) is 2.77. The molecule has 0 spiro atoms. The van der Waals surface area contributed by atoms with Gasteiger partial charge in [0.15, 0.2) is 0 Å². The van der Waals surface area contributed by atoms with Gasteiger partial charge in [-0.15, -0.1) is 5.10 Å². The topological polar surface area (TPSA) is 70.7 Å². The van der Waals surface area contributed by atoms with Crippen LogP contribution in [0, 0.1) is 0 Å². The number of carbonyl (C=O) groups is 1. The van der Waals surface area contributed by atoms with Crippen molar-refractivity contribution in [3.8, 4) is 0 Å². The third kappa shape index (κ3) is 3.24. The van der Waals surface area contributed by atoms with Crippen LogP contribution in [0.3, 0.4) is 0 Å². The van der Waals surface area contributed by atoms with Gasteiger partial charge in [-0.05, 0) is 24.0 Å². The van der Waals surface area contributed by atoms with E-state index < -0.39 is 0 Å². The number of aromatic nitrogens is 3. The number of benzene rings is 1. The summed E-state index contributed by atoms with van der Waals surface area (Å²) < 4.78 is 0. The third-order valence-electron chi connectivity index (χ3n) is 2.06. The number of aromatic amines is 1. The maximum Gasteiger partial charge on any atom is 0.258 e. The van der Waals surface area contributed by atoms with E-state index in [1.165, 1.54) is 11.8 Å². The van der Waals surface area contributed by atoms with Crippen LogP contribution in [-0.4, -0.2) is 26.8 Å². The molecule has 0 saturated heterocycles. The second kappa shape index (κ2) is 5.88. The Morgan fingerprint density at radius 3 is 3.11 bits per heavy atom. The molecule has 0 aliphatic heterocycles. The minimum atomic E-state index is -0.276. The van der Waals surface area contributed by atoms with Crippen LogP contribution >= 0.6 is 23.4 Å². The Balaban J connectivity index is 2.06. The SMILES string of the molecule is CCSc1n[nH]c(NC(=O)c2cccc(Cl)c2)n1. The van der Waals surface area contributed by atoms with Gasteiger partial charge in [0, 0.05) is 10.6 Å². The summed E-state index contributed by atoms with van der Waals surface area (Å²) in [5.41, 5.74) is 0.476. The minimum Gasteiger partial charge on any atom is -0.291 e. The zero-order chi connectivity index (χ0) is 13.0. The van der Waals surface area contributed by atoms with Gasteiger partial charge in [0.2, 0.25) is 11.1 Å². The number of rotatable bonds is 4. The lowest BCUT2D eigenvalue weighted by Crippen LogP contribution is -2.12. The fourth-order valence-electron chi connectivity index (χ4n) is 1.31. The van der Waals surface area contributed by atoms with Crippen molar-refractivity contribution >= 4 is 35.2 Å². The first-order chi connectivity index (χ1) is 8.69. The number of carbonyl (C=O) groups excluding carboxylic acids is 1. The molecular weight excluding hydrogens is 272 g/mol. The summed E-state index contributed by atoms with van der Waals surface area (Å²) in [7, 11) is 0. The van der Waals surface area contributed by atoms with Gasteiger partial charge in [0.05, 0.1) is 0 Å². The van der Waals surface area contributed by atoms with Crippen LogP contribution in [0.4, 0.5) is 5.95 Å². The molecule has 7 heteroatoms. The van der Waals surface area contributed by atoms with Gasteiger partial charge in [0.25, 0.3) is 5.91 Å². The van der Waals surface area contributed by atoms with Crippen molar-refractivity contribution < 1.29 is 4.79 Å². The number of hydrogen-bond donors (Lipinski definition) is 2. The van der Waals surface area contributed by atoms with Crippen molar-refractivity contribution in [2.45, 2.75) is 12.1 Å². The van der Waals surface area contributed by atoms with Crippen molar-refractivity contribution in [2.24, 2.45) is 0 Å². The molecule has 0 fully saturated rings. The molecule has 0 radical (unpaired) electrons. The van der Waals surface area contributed by atoms with Gasteiger partial charge in [-0.3, -0.25) is 10.1 Å². The molecule has 2 aromatic rings. The van der Waals surface area contributed by atoms with Gasteiger partial charge < -0.3 is 0 Å². The van der Waals surface area contributed by atoms with E-state index in [1.807, 2.05) is 6.92 Å². The molecule has 0 atom stereocenters. The summed E-state index contributed by atoms with van der Waals surface area (Å²) in [4.78, 5) is 16.0. The first kappa shape index (κ1) is 12.9. The Morgan fingerprint density at radius 1 is 1.56 bits per heavy atom. The van der Waals surface area contributed by atoms with Crippen LogP contribution in [0.25, 0.3) is 0 Å². The summed E-state index contributed by atoms with van der Waals surface area (Å²) in [6.07, 6.45) is 0. The van der Waals surface area contributed by atoms with Crippen LogP contribution in [-0.2, 0) is 0 Å². The number of H-pyrrole nitrogens is 1. The Bertz CT molecular complexity index is 557. The maximum atomic E-state index is 11.9. The Hall–Kier alpha value is -1.53. The normalized spacial score (nSPS) is 10.3. The highest BCUT2D eigenvalue weighted by molar-refractivity contribution is 7.99. The first-order valence-electron chi connectivity index (χ1n) is 5.31. The molecule has 18 heavy (non-hydrogen) atoms. The standard InChI is InChI=1S/C11H11ClN4OS/c1-2-18-11-14-10(15-16-11)13-9(17)7-4-3-5-8(12)6-7/h3-6H,2H2,1H3,(H2,13,14,15,16,17). The number of amides is 1. The predicted octanol–water partition coefficient (Wildman–Crippen LogP) is 2.82. The molecule has 5 nitrogen and oxygen atoms in total. The quantitative estimate of drug-likeness (QED) is 0.846. The highest BCUT2D eigenvalue weighted by Crippen LogP contribution is 2.14. The molecule has 1 amide bonds. The maximum absolute atomic E-state index is 11.9. The summed E-state index contributed by atoms with van der Waals surface area (Å²) in [6, 6.07) is 6.70. The van der Waals surface area contributed by atoms with E-state index in [0.29, 0.717) is 21.7 Å². The Labute approximate surface area is 113 Å². The minimum absolute atomic E-state index is 0.276. The lowest BCUT2D eigenvalue weighted by Gasteiger charge is -2.01. The van der Waals surface area contributed by atoms with Gasteiger partial charge >= 0.3 is 0 Å². The van der Waals surface area contributed by atoms with Crippen molar-refractivity contribution in [3.05, 3.63) is 34.9 Å². The molecule has 94 valence electrons. The van der Waals surface area contributed by atoms with E-state index in [0.717, 1.165) is 5.75 Å². The lowest BCUT2D eigenvalue weighted by atomic mass is 10.2. The molecule has 1 aromatic heterocycles. The molecule has 0 saturated carbocycles. The van der Waals surface area contributed by atoms with E-state index in [-0.39, 0.29) is 5.91 Å². The zero-order valence-corrected chi connectivity index (χ0v) is 11.2. The molecular formula is C11H11ClN4OS. The summed E-state index contributed by atoms with van der Waals surface area (Å²) in [5.74, 6) is 0.928. The van der Waals surface area contributed by atoms with E-state index >= 15 is 0 Å². The first-order valence-corrected chi connectivity index (χ1v) is 6.67. The monoisotopic (exact) mass is 282 g/mol. The van der Waals surface area contributed by atoms with Crippen LogP contribution in [0.15, 0.2) is 29.4 Å². The second-order valence-electron chi connectivity index (χ2n) is 3.36. The Morgan fingerprint density at radius 2 is 2.39 bits per heavy atom. The smallest absolute Gasteiger partial charge is 0.258 e. The molecule has 0 aliphatic rings. The number of anilines is 1. The highest BCUT2D eigenvalue weighted by Gasteiger charge is 2.09. The van der Waals surface area contributed by atoms with Crippen molar-refractivity contribution in [3.63, 3.8) is 0 Å². The molecule has 2 N–H and O–H groups in total. The summed E-state index contributed by atoms with van der Waals surface area (Å²) >= 11 is 7.31. The third-order valence-corrected chi connectivity index (χ3v) is 3.02. The molecule has 0 aliphatic carbocycles. The fourth-order valence-corrected chi connectivity index (χ4v) is 2.02. The number of hydrogen-bond acceptors (Lipinski definition) is 4. The van der Waals surface area contributed by atoms with E-state index in [9.17, 15) is 4.79 Å². The Kier molecular flexibility index (Phi) is 4.22. The van der Waals surface area contributed by atoms with E-state index in [2.05, 4.69) is 20.5 Å². The zero-order valence-electron chi connectivity index (χ0n) is 9.61. The predicted molar refractivity (Wildman–Crippen MR) is 72.2 cm³/mol. The fraction of sp³-hybridized carbons (Fsp3) is 0.182. The number of nitrogens with zero attached hydrogens (tertiary/aromatic N) is 2. The molecule has 1 aromatic carbocycles. The van der Waals surface area contributed by atoms with Crippen molar-refractivity contribution in [1.29, 1.82) is 0 Å². The van der Waals surface area contributed by atoms with Crippen LogP contribution in [0.1, 0.15) is 17.3 Å². The number of halogens is 1. The largest absolute Gasteiger partial charge is 0.291 e. The second-order valence-corrected chi connectivity index (χ2v) is 5.03. The molecule has 0 bridgehead atoms. The average molecular weight is 283 g/mol. The van der Waals surface area contributed by atoms with Crippen molar-refractivity contribution in [2.75, 3.05) is 11.1 Å². The van der Waals surface area contributed by atoms with E-state index in [1.54, 1.807) is 24.3 Å². The number of thioether (sulfide) groups is 1. The van der Waals surface area contributed by atoms with Crippen LogP contribution < -0.4 is 5.32 Å². The highest BCUT2D eigenvalue weighted by atomic mass is 35.5. The van der Waals surface area contributed by atoms with Gasteiger partial charge in [-0.2, -0.15) is 4.98 Å². The van der Waals surface area contributed by atoms with Crippen LogP contribution in [0.2, 0.25) is 5.02 Å². The summed E-state index contributed by atoms with van der Waals surface area (Å²) in [6.45, 7) is 2.01. The van der Waals surface area contributed by atoms with Crippen molar-refractivity contribution in [1.82, 2.24) is 15.2 Å². The van der Waals surface area contributed by atoms with Gasteiger partial charge in [-0.1, -0.05) is 36.4 Å². The molecule has 1 heterocycles. The van der Waals surface area contributed by atoms with E-state index in [4.69, 9.17) is 11.6 Å². The van der Waals surface area contributed by atoms with Gasteiger partial charge in [0.1, 0.15) is 0 Å². The van der Waals surface area contributed by atoms with Gasteiger partial charge in [-0.25, -0.2) is 5.10 Å². The molecule has 0 unspecified atom stereocenters. The number of nitrogens with one attached hydrogen (secondary N) is 2. The van der Waals surface area contributed by atoms with Crippen LogP contribution in [0.5, 0.6) is 0 Å².